The minimum absolute atomic E-state index is 0.0307. The van der Waals surface area contributed by atoms with Crippen LogP contribution in [0, 0.1) is 5.82 Å². The number of rotatable bonds is 3. The highest BCUT2D eigenvalue weighted by molar-refractivity contribution is 9.10. The van der Waals surface area contributed by atoms with E-state index < -0.39 is 23.5 Å². The molecule has 29 heavy (non-hydrogen) atoms. The van der Waals surface area contributed by atoms with E-state index in [1.165, 1.54) is 37.5 Å². The molecule has 0 N–H and O–H groups in total. The standard InChI is InChI=1S/C22H16BrF2NO3/c1-29-21(28)19-9-5-14(13-3-7-17(24)8-4-13)11-22(19,25)26-12-15-2-6-16(23)10-18(15)20(26)27/h2-10H,11-12H2,1H3. The second-order valence-electron chi connectivity index (χ2n) is 6.90. The van der Waals surface area contributed by atoms with Gasteiger partial charge < -0.3 is 4.74 Å². The van der Waals surface area contributed by atoms with Crippen molar-refractivity contribution in [2.24, 2.45) is 0 Å². The number of halogens is 3. The van der Waals surface area contributed by atoms with Gasteiger partial charge in [-0.3, -0.25) is 9.69 Å². The summed E-state index contributed by atoms with van der Waals surface area (Å²) >= 11 is 3.32. The number of carbonyl (C=O) groups is 2. The lowest BCUT2D eigenvalue weighted by Crippen LogP contribution is -2.49. The molecule has 2 aliphatic rings. The molecule has 1 atom stereocenters. The van der Waals surface area contributed by atoms with E-state index in [1.807, 2.05) is 0 Å². The fourth-order valence-electron chi connectivity index (χ4n) is 3.72. The molecular weight excluding hydrogens is 444 g/mol. The molecule has 2 aromatic rings. The molecule has 0 saturated carbocycles. The third kappa shape index (κ3) is 3.29. The maximum absolute atomic E-state index is 16.5. The lowest BCUT2D eigenvalue weighted by atomic mass is 9.86. The number of hydrogen-bond donors (Lipinski definition) is 0. The molecule has 0 bridgehead atoms. The van der Waals surface area contributed by atoms with E-state index in [9.17, 15) is 14.0 Å². The molecule has 1 amide bonds. The monoisotopic (exact) mass is 459 g/mol. The van der Waals surface area contributed by atoms with Crippen LogP contribution in [0.3, 0.4) is 0 Å². The maximum Gasteiger partial charge on any atom is 0.338 e. The lowest BCUT2D eigenvalue weighted by molar-refractivity contribution is -0.139. The van der Waals surface area contributed by atoms with Gasteiger partial charge in [0.2, 0.25) is 5.79 Å². The molecule has 4 nitrogen and oxygen atoms in total. The van der Waals surface area contributed by atoms with E-state index in [0.717, 1.165) is 4.90 Å². The van der Waals surface area contributed by atoms with E-state index in [4.69, 9.17) is 4.74 Å². The minimum Gasteiger partial charge on any atom is -0.466 e. The first-order chi connectivity index (χ1) is 13.8. The number of alkyl halides is 1. The predicted octanol–water partition coefficient (Wildman–Crippen LogP) is 4.80. The van der Waals surface area contributed by atoms with Crippen LogP contribution in [0.15, 0.2) is 64.7 Å². The number of carbonyl (C=O) groups excluding carboxylic acids is 2. The zero-order valence-corrected chi connectivity index (χ0v) is 17.0. The van der Waals surface area contributed by atoms with Crippen LogP contribution < -0.4 is 0 Å². The number of esters is 1. The molecule has 0 radical (unpaired) electrons. The summed E-state index contributed by atoms with van der Waals surface area (Å²) in [4.78, 5) is 26.4. The smallest absolute Gasteiger partial charge is 0.338 e. The van der Waals surface area contributed by atoms with Crippen LogP contribution in [-0.2, 0) is 16.1 Å². The quantitative estimate of drug-likeness (QED) is 0.489. The van der Waals surface area contributed by atoms with Crippen molar-refractivity contribution in [3.8, 4) is 0 Å². The molecule has 4 rings (SSSR count). The highest BCUT2D eigenvalue weighted by Gasteiger charge is 2.51. The predicted molar refractivity (Wildman–Crippen MR) is 107 cm³/mol. The van der Waals surface area contributed by atoms with Gasteiger partial charge in [0.05, 0.1) is 19.2 Å². The van der Waals surface area contributed by atoms with Crippen LogP contribution in [0.25, 0.3) is 5.57 Å². The van der Waals surface area contributed by atoms with Gasteiger partial charge >= 0.3 is 5.97 Å². The number of nitrogens with zero attached hydrogens (tertiary/aromatic N) is 1. The Kier molecular flexibility index (Phi) is 4.86. The number of ether oxygens (including phenoxy) is 1. The Balaban J connectivity index is 1.77. The summed E-state index contributed by atoms with van der Waals surface area (Å²) in [6.45, 7) is 0.0307. The van der Waals surface area contributed by atoms with E-state index in [0.29, 0.717) is 26.7 Å². The largest absolute Gasteiger partial charge is 0.466 e. The molecule has 2 aromatic carbocycles. The number of hydrogen-bond acceptors (Lipinski definition) is 3. The van der Waals surface area contributed by atoms with Crippen LogP contribution in [-0.4, -0.2) is 29.7 Å². The number of fused-ring (bicyclic) bond motifs is 1. The fourth-order valence-corrected chi connectivity index (χ4v) is 4.08. The van der Waals surface area contributed by atoms with Gasteiger partial charge in [-0.2, -0.15) is 0 Å². The molecule has 1 aliphatic heterocycles. The average molecular weight is 460 g/mol. The zero-order chi connectivity index (χ0) is 20.8. The summed E-state index contributed by atoms with van der Waals surface area (Å²) in [6, 6.07) is 10.8. The van der Waals surface area contributed by atoms with Gasteiger partial charge in [0.1, 0.15) is 5.82 Å². The maximum atomic E-state index is 16.5. The van der Waals surface area contributed by atoms with Crippen molar-refractivity contribution in [3.05, 3.63) is 87.2 Å². The van der Waals surface area contributed by atoms with Crippen LogP contribution >= 0.6 is 15.9 Å². The molecule has 7 heteroatoms. The first-order valence-electron chi connectivity index (χ1n) is 8.88. The topological polar surface area (TPSA) is 46.6 Å². The highest BCUT2D eigenvalue weighted by atomic mass is 79.9. The summed E-state index contributed by atoms with van der Waals surface area (Å²) < 4.78 is 35.3. The third-order valence-corrected chi connectivity index (χ3v) is 5.71. The van der Waals surface area contributed by atoms with Crippen molar-refractivity contribution in [2.75, 3.05) is 7.11 Å². The number of allylic oxidation sites excluding steroid dienone is 2. The molecule has 1 unspecified atom stereocenters. The Labute approximate surface area is 174 Å². The molecular formula is C22H16BrF2NO3. The van der Waals surface area contributed by atoms with Crippen LogP contribution in [0.4, 0.5) is 8.78 Å². The SMILES string of the molecule is COC(=O)C1=CC=C(c2ccc(F)cc2)CC1(F)N1Cc2ccc(Br)cc2C1=O. The number of amides is 1. The molecule has 1 heterocycles. The van der Waals surface area contributed by atoms with Crippen molar-refractivity contribution >= 4 is 33.4 Å². The molecule has 148 valence electrons. The Hall–Kier alpha value is -2.80. The summed E-state index contributed by atoms with van der Waals surface area (Å²) in [6.07, 6.45) is 2.68. The second kappa shape index (κ2) is 7.22. The first-order valence-corrected chi connectivity index (χ1v) is 9.67. The molecule has 0 spiro atoms. The average Bonchev–Trinajstić information content (AvgIpc) is 3.04. The summed E-state index contributed by atoms with van der Waals surface area (Å²) in [5.41, 5.74) is 1.98. The Bertz CT molecular complexity index is 1080. The van der Waals surface area contributed by atoms with E-state index in [1.54, 1.807) is 24.3 Å². The lowest BCUT2D eigenvalue weighted by Gasteiger charge is -2.38. The Morgan fingerprint density at radius 2 is 1.90 bits per heavy atom. The highest BCUT2D eigenvalue weighted by Crippen LogP contribution is 2.44. The van der Waals surface area contributed by atoms with Crippen molar-refractivity contribution < 1.29 is 23.1 Å². The zero-order valence-electron chi connectivity index (χ0n) is 15.4. The number of methoxy groups -OCH3 is 1. The van der Waals surface area contributed by atoms with Crippen LogP contribution in [0.5, 0.6) is 0 Å². The van der Waals surface area contributed by atoms with Crippen molar-refractivity contribution in [1.82, 2.24) is 4.90 Å². The number of benzene rings is 2. The fraction of sp³-hybridized carbons (Fsp3) is 0.182. The van der Waals surface area contributed by atoms with Crippen molar-refractivity contribution in [3.63, 3.8) is 0 Å². The van der Waals surface area contributed by atoms with Gasteiger partial charge in [-0.15, -0.1) is 0 Å². The Morgan fingerprint density at radius 1 is 1.17 bits per heavy atom. The third-order valence-electron chi connectivity index (χ3n) is 5.21. The van der Waals surface area contributed by atoms with Crippen molar-refractivity contribution in [2.45, 2.75) is 18.8 Å². The minimum atomic E-state index is -2.39. The van der Waals surface area contributed by atoms with Gasteiger partial charge in [-0.1, -0.05) is 40.2 Å². The van der Waals surface area contributed by atoms with E-state index >= 15 is 4.39 Å². The molecule has 0 fully saturated rings. The normalized spacial score (nSPS) is 20.8. The first kappa shape index (κ1) is 19.5. The van der Waals surface area contributed by atoms with Gasteiger partial charge in [-0.25, -0.2) is 13.6 Å². The van der Waals surface area contributed by atoms with E-state index in [-0.39, 0.29) is 18.5 Å². The van der Waals surface area contributed by atoms with Crippen LogP contribution in [0.2, 0.25) is 0 Å². The summed E-state index contributed by atoms with van der Waals surface area (Å²) in [5, 5.41) is 0. The van der Waals surface area contributed by atoms with Gasteiger partial charge in [0, 0.05) is 16.5 Å². The molecule has 0 saturated heterocycles. The Morgan fingerprint density at radius 3 is 2.59 bits per heavy atom. The van der Waals surface area contributed by atoms with Crippen molar-refractivity contribution in [1.29, 1.82) is 0 Å². The van der Waals surface area contributed by atoms with Gasteiger partial charge in [0.15, 0.2) is 0 Å². The van der Waals surface area contributed by atoms with E-state index in [2.05, 4.69) is 15.9 Å². The summed E-state index contributed by atoms with van der Waals surface area (Å²) in [5.74, 6) is -4.14. The summed E-state index contributed by atoms with van der Waals surface area (Å²) in [7, 11) is 1.17. The molecule has 1 aliphatic carbocycles. The van der Waals surface area contributed by atoms with Crippen LogP contribution in [0.1, 0.15) is 27.9 Å². The molecule has 0 aromatic heterocycles. The second-order valence-corrected chi connectivity index (χ2v) is 7.82. The van der Waals surface area contributed by atoms with Gasteiger partial charge in [0.25, 0.3) is 5.91 Å². The van der Waals surface area contributed by atoms with Gasteiger partial charge in [-0.05, 0) is 47.0 Å².